The monoisotopic (exact) mass is 298 g/mol. The molecule has 1 aromatic carbocycles. The van der Waals surface area contributed by atoms with Crippen molar-refractivity contribution in [3.05, 3.63) is 28.8 Å². The van der Waals surface area contributed by atoms with Crippen LogP contribution in [0.3, 0.4) is 0 Å². The Morgan fingerprint density at radius 1 is 1.35 bits per heavy atom. The van der Waals surface area contributed by atoms with Gasteiger partial charge in [-0.2, -0.15) is 0 Å². The van der Waals surface area contributed by atoms with Gasteiger partial charge in [0.2, 0.25) is 5.91 Å². The van der Waals surface area contributed by atoms with E-state index in [9.17, 15) is 9.90 Å². The number of amides is 1. The highest BCUT2D eigenvalue weighted by Crippen LogP contribution is 2.27. The zero-order valence-corrected chi connectivity index (χ0v) is 13.3. The summed E-state index contributed by atoms with van der Waals surface area (Å²) in [6.07, 6.45) is -0.598. The van der Waals surface area contributed by atoms with E-state index in [-0.39, 0.29) is 5.91 Å². The molecular formula is C15H23ClN2O2. The smallest absolute Gasteiger partial charge is 0.242 e. The largest absolute Gasteiger partial charge is 0.389 e. The zero-order chi connectivity index (χ0) is 15.3. The minimum absolute atomic E-state index is 0.0909. The van der Waals surface area contributed by atoms with E-state index in [0.29, 0.717) is 30.2 Å². The van der Waals surface area contributed by atoms with Gasteiger partial charge in [0.25, 0.3) is 0 Å². The highest BCUT2D eigenvalue weighted by atomic mass is 35.5. The molecule has 1 atom stereocenters. The highest BCUT2D eigenvalue weighted by molar-refractivity contribution is 6.31. The van der Waals surface area contributed by atoms with Crippen LogP contribution in [0.5, 0.6) is 0 Å². The van der Waals surface area contributed by atoms with E-state index < -0.39 is 6.10 Å². The Bertz CT molecular complexity index is 459. The third-order valence-corrected chi connectivity index (χ3v) is 3.69. The standard InChI is InChI=1S/C15H23ClN2O2/c1-5-18(6-2)15(20)10-17(4)12-7-8-13(11(3)19)14(16)9-12/h7-9,11,19H,5-6,10H2,1-4H3. The molecule has 0 spiro atoms. The number of carbonyl (C=O) groups excluding carboxylic acids is 1. The van der Waals surface area contributed by atoms with Crippen molar-refractivity contribution in [3.63, 3.8) is 0 Å². The summed E-state index contributed by atoms with van der Waals surface area (Å²) in [6, 6.07) is 5.43. The number of anilines is 1. The van der Waals surface area contributed by atoms with Gasteiger partial charge in [0, 0.05) is 30.8 Å². The summed E-state index contributed by atoms with van der Waals surface area (Å²) in [5, 5.41) is 10.1. The number of aliphatic hydroxyl groups excluding tert-OH is 1. The lowest BCUT2D eigenvalue weighted by Gasteiger charge is -2.25. The second-order valence-corrected chi connectivity index (χ2v) is 5.21. The van der Waals surface area contributed by atoms with E-state index in [1.807, 2.05) is 31.9 Å². The Labute approximate surface area is 125 Å². The van der Waals surface area contributed by atoms with Gasteiger partial charge in [0.1, 0.15) is 0 Å². The van der Waals surface area contributed by atoms with E-state index in [4.69, 9.17) is 11.6 Å². The number of likely N-dealkylation sites (N-methyl/N-ethyl adjacent to an activating group) is 2. The fraction of sp³-hybridized carbons (Fsp3) is 0.533. The molecule has 20 heavy (non-hydrogen) atoms. The predicted molar refractivity (Wildman–Crippen MR) is 83.3 cm³/mol. The lowest BCUT2D eigenvalue weighted by Crippen LogP contribution is -2.38. The molecule has 112 valence electrons. The number of aliphatic hydroxyl groups is 1. The molecule has 0 bridgehead atoms. The number of halogens is 1. The fourth-order valence-corrected chi connectivity index (χ4v) is 2.40. The fourth-order valence-electron chi connectivity index (χ4n) is 2.06. The first-order valence-corrected chi connectivity index (χ1v) is 7.24. The normalized spacial score (nSPS) is 12.1. The van der Waals surface area contributed by atoms with Gasteiger partial charge in [-0.15, -0.1) is 0 Å². The van der Waals surface area contributed by atoms with Crippen LogP contribution in [0, 0.1) is 0 Å². The summed E-state index contributed by atoms with van der Waals surface area (Å²) in [5.74, 6) is 0.0909. The number of hydrogen-bond donors (Lipinski definition) is 1. The first-order chi connectivity index (χ1) is 9.40. The molecule has 0 aromatic heterocycles. The number of rotatable bonds is 6. The minimum Gasteiger partial charge on any atom is -0.389 e. The van der Waals surface area contributed by atoms with Gasteiger partial charge in [0.05, 0.1) is 12.6 Å². The van der Waals surface area contributed by atoms with Crippen molar-refractivity contribution in [3.8, 4) is 0 Å². The van der Waals surface area contributed by atoms with Gasteiger partial charge in [-0.3, -0.25) is 4.79 Å². The molecule has 0 aliphatic carbocycles. The van der Waals surface area contributed by atoms with E-state index in [0.717, 1.165) is 5.69 Å². The Kier molecular flexibility index (Phi) is 6.30. The van der Waals surface area contributed by atoms with Crippen molar-refractivity contribution in [1.82, 2.24) is 4.90 Å². The maximum absolute atomic E-state index is 12.1. The first-order valence-electron chi connectivity index (χ1n) is 6.87. The molecule has 0 aliphatic rings. The van der Waals surface area contributed by atoms with Crippen LogP contribution in [0.4, 0.5) is 5.69 Å². The number of benzene rings is 1. The van der Waals surface area contributed by atoms with Gasteiger partial charge in [0.15, 0.2) is 0 Å². The van der Waals surface area contributed by atoms with Gasteiger partial charge < -0.3 is 14.9 Å². The molecule has 0 saturated heterocycles. The molecule has 1 N–H and O–H groups in total. The van der Waals surface area contributed by atoms with Crippen LogP contribution < -0.4 is 4.90 Å². The molecule has 1 unspecified atom stereocenters. The van der Waals surface area contributed by atoms with Crippen LogP contribution in [0.1, 0.15) is 32.4 Å². The van der Waals surface area contributed by atoms with Gasteiger partial charge in [-0.1, -0.05) is 17.7 Å². The molecule has 4 nitrogen and oxygen atoms in total. The van der Waals surface area contributed by atoms with Crippen LogP contribution in [0.2, 0.25) is 5.02 Å². The summed E-state index contributed by atoms with van der Waals surface area (Å²) < 4.78 is 0. The van der Waals surface area contributed by atoms with E-state index in [2.05, 4.69) is 0 Å². The summed E-state index contributed by atoms with van der Waals surface area (Å²) in [4.78, 5) is 15.7. The summed E-state index contributed by atoms with van der Waals surface area (Å²) in [7, 11) is 1.86. The maximum Gasteiger partial charge on any atom is 0.242 e. The molecule has 0 fully saturated rings. The number of nitrogens with zero attached hydrogens (tertiary/aromatic N) is 2. The van der Waals surface area contributed by atoms with Crippen LogP contribution in [0.25, 0.3) is 0 Å². The molecule has 1 rings (SSSR count). The van der Waals surface area contributed by atoms with E-state index >= 15 is 0 Å². The van der Waals surface area contributed by atoms with Crippen molar-refractivity contribution >= 4 is 23.2 Å². The van der Waals surface area contributed by atoms with E-state index in [1.54, 1.807) is 24.0 Å². The van der Waals surface area contributed by atoms with Crippen molar-refractivity contribution in [2.45, 2.75) is 26.9 Å². The third-order valence-electron chi connectivity index (χ3n) is 3.36. The van der Waals surface area contributed by atoms with Gasteiger partial charge in [-0.05, 0) is 38.5 Å². The Hall–Kier alpha value is -1.26. The summed E-state index contributed by atoms with van der Waals surface area (Å²) in [5.41, 5.74) is 1.55. The summed E-state index contributed by atoms with van der Waals surface area (Å²) in [6.45, 7) is 7.35. The minimum atomic E-state index is -0.598. The van der Waals surface area contributed by atoms with Crippen LogP contribution in [-0.2, 0) is 4.79 Å². The van der Waals surface area contributed by atoms with Crippen LogP contribution in [-0.4, -0.2) is 42.6 Å². The SMILES string of the molecule is CCN(CC)C(=O)CN(C)c1ccc(C(C)O)c(Cl)c1. The quantitative estimate of drug-likeness (QED) is 0.878. The van der Waals surface area contributed by atoms with Crippen molar-refractivity contribution in [1.29, 1.82) is 0 Å². The number of hydrogen-bond acceptors (Lipinski definition) is 3. The molecule has 1 amide bonds. The lowest BCUT2D eigenvalue weighted by molar-refractivity contribution is -0.129. The van der Waals surface area contributed by atoms with Crippen molar-refractivity contribution < 1.29 is 9.90 Å². The molecule has 0 saturated carbocycles. The van der Waals surface area contributed by atoms with Crippen molar-refractivity contribution in [2.75, 3.05) is 31.6 Å². The molecule has 1 aromatic rings. The molecular weight excluding hydrogens is 276 g/mol. The van der Waals surface area contributed by atoms with Crippen molar-refractivity contribution in [2.24, 2.45) is 0 Å². The second-order valence-electron chi connectivity index (χ2n) is 4.80. The Balaban J connectivity index is 2.80. The summed E-state index contributed by atoms with van der Waals surface area (Å²) >= 11 is 6.14. The van der Waals surface area contributed by atoms with E-state index in [1.165, 1.54) is 0 Å². The Morgan fingerprint density at radius 3 is 2.40 bits per heavy atom. The predicted octanol–water partition coefficient (Wildman–Crippen LogP) is 2.70. The topological polar surface area (TPSA) is 43.8 Å². The van der Waals surface area contributed by atoms with Crippen LogP contribution in [0.15, 0.2) is 18.2 Å². The highest BCUT2D eigenvalue weighted by Gasteiger charge is 2.14. The maximum atomic E-state index is 12.1. The average molecular weight is 299 g/mol. The molecule has 5 heteroatoms. The zero-order valence-electron chi connectivity index (χ0n) is 12.6. The Morgan fingerprint density at radius 2 is 1.95 bits per heavy atom. The first kappa shape index (κ1) is 16.8. The average Bonchev–Trinajstić information content (AvgIpc) is 2.39. The third kappa shape index (κ3) is 4.12. The molecule has 0 radical (unpaired) electrons. The second kappa shape index (κ2) is 7.50. The van der Waals surface area contributed by atoms with Crippen LogP contribution >= 0.6 is 11.6 Å². The van der Waals surface area contributed by atoms with Gasteiger partial charge in [-0.25, -0.2) is 0 Å². The van der Waals surface area contributed by atoms with Gasteiger partial charge >= 0.3 is 0 Å². The molecule has 0 aliphatic heterocycles. The molecule has 0 heterocycles. The number of carbonyl (C=O) groups is 1. The lowest BCUT2D eigenvalue weighted by atomic mass is 10.1.